The fraction of sp³-hybridized carbons (Fsp3) is 0.400. The first kappa shape index (κ1) is 26.5. The van der Waals surface area contributed by atoms with E-state index in [4.69, 9.17) is 34.5 Å². The number of amides is 1. The Labute approximate surface area is 220 Å². The van der Waals surface area contributed by atoms with Crippen LogP contribution in [0.1, 0.15) is 63.3 Å². The monoisotopic (exact) mass is 556 g/mol. The summed E-state index contributed by atoms with van der Waals surface area (Å²) in [7, 11) is 0. The van der Waals surface area contributed by atoms with Crippen molar-refractivity contribution in [2.24, 2.45) is 5.16 Å². The number of thiophene rings is 1. The van der Waals surface area contributed by atoms with Crippen LogP contribution < -0.4 is 5.32 Å². The van der Waals surface area contributed by atoms with Crippen LogP contribution in [-0.4, -0.2) is 30.1 Å². The van der Waals surface area contributed by atoms with E-state index >= 15 is 0 Å². The van der Waals surface area contributed by atoms with Gasteiger partial charge in [-0.2, -0.15) is 13.2 Å². The van der Waals surface area contributed by atoms with Crippen LogP contribution in [0.2, 0.25) is 10.0 Å². The zero-order valence-electron chi connectivity index (χ0n) is 18.9. The number of nitrogens with one attached hydrogen (secondary N) is 1. The quantitative estimate of drug-likeness (QED) is 0.324. The van der Waals surface area contributed by atoms with Crippen LogP contribution >= 0.6 is 34.5 Å². The predicted octanol–water partition coefficient (Wildman–Crippen LogP) is 6.23. The summed E-state index contributed by atoms with van der Waals surface area (Å²) in [5, 5.41) is 6.48. The minimum atomic E-state index is -4.81. The number of hydrogen-bond donors (Lipinski definition) is 1. The van der Waals surface area contributed by atoms with Crippen molar-refractivity contribution in [3.05, 3.63) is 54.7 Å². The molecule has 1 aliphatic carbocycles. The van der Waals surface area contributed by atoms with E-state index in [-0.39, 0.29) is 52.4 Å². The van der Waals surface area contributed by atoms with Crippen molar-refractivity contribution in [1.82, 2.24) is 5.32 Å². The first-order valence-electron chi connectivity index (χ1n) is 11.2. The average Bonchev–Trinajstić information content (AvgIpc) is 3.43. The lowest BCUT2D eigenvalue weighted by Crippen LogP contribution is -2.42. The molecular weight excluding hydrogens is 536 g/mol. The van der Waals surface area contributed by atoms with E-state index in [2.05, 4.69) is 16.4 Å². The third kappa shape index (κ3) is 5.13. The van der Waals surface area contributed by atoms with E-state index < -0.39 is 18.2 Å². The molecule has 1 amide bonds. The van der Waals surface area contributed by atoms with E-state index in [1.54, 1.807) is 0 Å². The van der Waals surface area contributed by atoms with Crippen LogP contribution in [0.15, 0.2) is 23.4 Å². The van der Waals surface area contributed by atoms with Gasteiger partial charge in [0.25, 0.3) is 5.60 Å². The molecule has 1 N–H and O–H groups in total. The largest absolute Gasteiger partial charge is 0.435 e. The van der Waals surface area contributed by atoms with Crippen molar-refractivity contribution in [2.75, 3.05) is 6.54 Å². The number of Topliss-reactive ketones (excluding diaryl/α,β-unsaturated/α-hetero) is 1. The summed E-state index contributed by atoms with van der Waals surface area (Å²) in [6, 6.07) is 3.68. The van der Waals surface area contributed by atoms with Gasteiger partial charge >= 0.3 is 6.18 Å². The Morgan fingerprint density at radius 3 is 2.44 bits per heavy atom. The number of fused-ring (bicyclic) bond motifs is 1. The maximum atomic E-state index is 14.4. The number of alkyl halides is 3. The SMILES string of the molecule is C#CCNC(=O)CCC(=O)c1sc(C2=NOC(c3cc(Cl)cc(Cl)c3)(C(F)(F)F)C2)c2c1CCCC2. The van der Waals surface area contributed by atoms with Gasteiger partial charge < -0.3 is 10.2 Å². The molecule has 1 aliphatic heterocycles. The number of nitrogens with zero attached hydrogens (tertiary/aromatic N) is 1. The second kappa shape index (κ2) is 10.4. The van der Waals surface area contributed by atoms with Crippen molar-refractivity contribution < 1.29 is 27.6 Å². The van der Waals surface area contributed by atoms with Crippen molar-refractivity contribution >= 4 is 51.9 Å². The summed E-state index contributed by atoms with van der Waals surface area (Å²) in [4.78, 5) is 31.0. The molecule has 0 saturated heterocycles. The lowest BCUT2D eigenvalue weighted by molar-refractivity contribution is -0.275. The summed E-state index contributed by atoms with van der Waals surface area (Å²) in [6.07, 6.45) is 2.65. The molecule has 1 unspecified atom stereocenters. The van der Waals surface area contributed by atoms with Gasteiger partial charge in [0.2, 0.25) is 5.91 Å². The molecular formula is C25H21Cl2F3N2O3S. The van der Waals surface area contributed by atoms with Crippen molar-refractivity contribution in [3.8, 4) is 12.3 Å². The average molecular weight is 557 g/mol. The molecule has 0 spiro atoms. The minimum absolute atomic E-state index is 0.0285. The first-order chi connectivity index (χ1) is 17.1. The fourth-order valence-corrected chi connectivity index (χ4v) is 6.35. The summed E-state index contributed by atoms with van der Waals surface area (Å²) < 4.78 is 43.2. The van der Waals surface area contributed by atoms with Gasteiger partial charge in [-0.05, 0) is 55.0 Å². The number of hydrogen-bond acceptors (Lipinski definition) is 5. The fourth-order valence-electron chi connectivity index (χ4n) is 4.48. The smallest absolute Gasteiger partial charge is 0.374 e. The molecule has 36 heavy (non-hydrogen) atoms. The summed E-state index contributed by atoms with van der Waals surface area (Å²) in [5.74, 6) is 1.72. The summed E-state index contributed by atoms with van der Waals surface area (Å²) >= 11 is 13.1. The molecule has 2 aromatic rings. The third-order valence-electron chi connectivity index (χ3n) is 6.22. The molecule has 4 rings (SSSR count). The van der Waals surface area contributed by atoms with Crippen molar-refractivity contribution in [1.29, 1.82) is 0 Å². The highest BCUT2D eigenvalue weighted by atomic mass is 35.5. The molecule has 2 heterocycles. The highest BCUT2D eigenvalue weighted by Crippen LogP contribution is 2.51. The Hall–Kier alpha value is -2.54. The Balaban J connectivity index is 1.65. The highest BCUT2D eigenvalue weighted by Gasteiger charge is 2.62. The molecule has 1 aromatic heterocycles. The zero-order chi connectivity index (χ0) is 26.1. The molecule has 0 radical (unpaired) electrons. The second-order valence-electron chi connectivity index (χ2n) is 8.62. The minimum Gasteiger partial charge on any atom is -0.374 e. The maximum Gasteiger partial charge on any atom is 0.435 e. The van der Waals surface area contributed by atoms with Gasteiger partial charge in [-0.25, -0.2) is 0 Å². The summed E-state index contributed by atoms with van der Waals surface area (Å²) in [5.41, 5.74) is -1.21. The van der Waals surface area contributed by atoms with Crippen molar-refractivity contribution in [3.63, 3.8) is 0 Å². The molecule has 0 fully saturated rings. The Kier molecular flexibility index (Phi) is 7.69. The van der Waals surface area contributed by atoms with Crippen LogP contribution in [0.3, 0.4) is 0 Å². The molecule has 0 bridgehead atoms. The number of carbonyl (C=O) groups is 2. The molecule has 0 saturated carbocycles. The second-order valence-corrected chi connectivity index (χ2v) is 10.5. The predicted molar refractivity (Wildman–Crippen MR) is 133 cm³/mol. The van der Waals surface area contributed by atoms with Crippen LogP contribution in [0.5, 0.6) is 0 Å². The van der Waals surface area contributed by atoms with Crippen LogP contribution in [0.25, 0.3) is 0 Å². The first-order valence-corrected chi connectivity index (χ1v) is 12.8. The number of terminal acetylenes is 1. The lowest BCUT2D eigenvalue weighted by Gasteiger charge is -2.29. The van der Waals surface area contributed by atoms with Gasteiger partial charge in [-0.1, -0.05) is 34.3 Å². The molecule has 2 aliphatic rings. The van der Waals surface area contributed by atoms with E-state index in [1.165, 1.54) is 18.2 Å². The highest BCUT2D eigenvalue weighted by molar-refractivity contribution is 7.16. The zero-order valence-corrected chi connectivity index (χ0v) is 21.3. The van der Waals surface area contributed by atoms with Crippen molar-refractivity contribution in [2.45, 2.75) is 56.7 Å². The molecule has 5 nitrogen and oxygen atoms in total. The lowest BCUT2D eigenvalue weighted by atomic mass is 9.85. The third-order valence-corrected chi connectivity index (χ3v) is 8.02. The van der Waals surface area contributed by atoms with E-state index in [9.17, 15) is 22.8 Å². The number of halogens is 5. The molecule has 1 aromatic carbocycles. The van der Waals surface area contributed by atoms with E-state index in [1.807, 2.05) is 0 Å². The maximum absolute atomic E-state index is 14.4. The van der Waals surface area contributed by atoms with Gasteiger partial charge in [-0.3, -0.25) is 9.59 Å². The molecule has 1 atom stereocenters. The van der Waals surface area contributed by atoms with Gasteiger partial charge in [0.05, 0.1) is 22.7 Å². The van der Waals surface area contributed by atoms with Gasteiger partial charge in [-0.15, -0.1) is 17.8 Å². The Morgan fingerprint density at radius 2 is 1.81 bits per heavy atom. The molecule has 190 valence electrons. The van der Waals surface area contributed by atoms with Gasteiger partial charge in [0, 0.05) is 28.5 Å². The number of benzene rings is 1. The van der Waals surface area contributed by atoms with Crippen LogP contribution in [0, 0.1) is 12.3 Å². The Bertz CT molecular complexity index is 1260. The number of ketones is 1. The van der Waals surface area contributed by atoms with E-state index in [0.717, 1.165) is 35.3 Å². The number of carbonyl (C=O) groups excluding carboxylic acids is 2. The van der Waals surface area contributed by atoms with E-state index in [0.29, 0.717) is 22.6 Å². The van der Waals surface area contributed by atoms with Crippen LogP contribution in [0.4, 0.5) is 13.2 Å². The standard InChI is InChI=1S/C25H21Cl2F3N2O3S/c1-2-9-31-21(34)8-7-20(33)23-18-6-4-3-5-17(18)22(36-23)19-13-24(35-32-19,25(28,29)30)14-10-15(26)12-16(27)11-14/h1,10-12H,3-9,13H2,(H,31,34). The van der Waals surface area contributed by atoms with Crippen LogP contribution in [-0.2, 0) is 28.1 Å². The Morgan fingerprint density at radius 1 is 1.14 bits per heavy atom. The molecule has 11 heteroatoms. The normalized spacial score (nSPS) is 19.2. The number of oxime groups is 1. The van der Waals surface area contributed by atoms with Gasteiger partial charge in [0.15, 0.2) is 5.78 Å². The van der Waals surface area contributed by atoms with Gasteiger partial charge in [0.1, 0.15) is 5.71 Å². The summed E-state index contributed by atoms with van der Waals surface area (Å²) in [6.45, 7) is 0.0736. The topological polar surface area (TPSA) is 67.8 Å². The number of rotatable bonds is 7.